The number of methoxy groups -OCH3 is 1. The molecule has 3 atom stereocenters. The van der Waals surface area contributed by atoms with Crippen LogP contribution in [-0.2, 0) is 11.3 Å². The molecule has 1 aliphatic heterocycles. The van der Waals surface area contributed by atoms with Gasteiger partial charge in [0.15, 0.2) is 11.5 Å². The van der Waals surface area contributed by atoms with Crippen LogP contribution < -0.4 is 14.8 Å². The SMILES string of the molecule is COc1ccc(C2CNC(OCc3ccccc3)C2(C)CO)cc1OCC1CC1. The first-order chi connectivity index (χ1) is 14.1. The summed E-state index contributed by atoms with van der Waals surface area (Å²) in [5.41, 5.74) is 1.82. The fourth-order valence-corrected chi connectivity index (χ4v) is 4.08. The molecule has 0 aromatic heterocycles. The van der Waals surface area contributed by atoms with E-state index < -0.39 is 5.41 Å². The molecule has 1 saturated heterocycles. The van der Waals surface area contributed by atoms with Crippen molar-refractivity contribution in [2.45, 2.75) is 38.5 Å². The third-order valence-electron chi connectivity index (χ3n) is 6.26. The Labute approximate surface area is 173 Å². The Morgan fingerprint density at radius 1 is 1.10 bits per heavy atom. The van der Waals surface area contributed by atoms with Crippen LogP contribution >= 0.6 is 0 Å². The van der Waals surface area contributed by atoms with Crippen molar-refractivity contribution in [1.82, 2.24) is 5.32 Å². The third-order valence-corrected chi connectivity index (χ3v) is 6.26. The van der Waals surface area contributed by atoms with Crippen molar-refractivity contribution in [3.8, 4) is 11.5 Å². The minimum atomic E-state index is -0.433. The maximum atomic E-state index is 10.3. The summed E-state index contributed by atoms with van der Waals surface area (Å²) in [5, 5.41) is 13.8. The van der Waals surface area contributed by atoms with Gasteiger partial charge in [0.2, 0.25) is 0 Å². The maximum absolute atomic E-state index is 10.3. The molecule has 4 rings (SSSR count). The Morgan fingerprint density at radius 2 is 1.90 bits per heavy atom. The molecule has 2 aromatic carbocycles. The van der Waals surface area contributed by atoms with Crippen LogP contribution in [0.2, 0.25) is 0 Å². The highest BCUT2D eigenvalue weighted by molar-refractivity contribution is 5.45. The predicted octanol–water partition coefficient (Wildman–Crippen LogP) is 3.71. The summed E-state index contributed by atoms with van der Waals surface area (Å²) in [6.45, 7) is 4.11. The van der Waals surface area contributed by atoms with Crippen LogP contribution in [0.3, 0.4) is 0 Å². The molecule has 5 nitrogen and oxygen atoms in total. The molecular formula is C24H31NO4. The molecule has 5 heteroatoms. The van der Waals surface area contributed by atoms with Gasteiger partial charge in [-0.3, -0.25) is 5.32 Å². The van der Waals surface area contributed by atoms with E-state index in [2.05, 4.69) is 36.5 Å². The van der Waals surface area contributed by atoms with Gasteiger partial charge in [-0.1, -0.05) is 43.3 Å². The fraction of sp³-hybridized carbons (Fsp3) is 0.500. The molecule has 156 valence electrons. The normalized spacial score (nSPS) is 26.4. The van der Waals surface area contributed by atoms with Crippen molar-refractivity contribution < 1.29 is 19.3 Å². The quantitative estimate of drug-likeness (QED) is 0.675. The van der Waals surface area contributed by atoms with Crippen LogP contribution in [0.15, 0.2) is 48.5 Å². The molecule has 1 saturated carbocycles. The summed E-state index contributed by atoms with van der Waals surface area (Å²) >= 11 is 0. The van der Waals surface area contributed by atoms with E-state index in [1.165, 1.54) is 12.8 Å². The van der Waals surface area contributed by atoms with Crippen molar-refractivity contribution in [3.63, 3.8) is 0 Å². The van der Waals surface area contributed by atoms with Gasteiger partial charge in [0.05, 0.1) is 26.9 Å². The van der Waals surface area contributed by atoms with Crippen LogP contribution in [0.4, 0.5) is 0 Å². The lowest BCUT2D eigenvalue weighted by Crippen LogP contribution is -2.41. The Balaban J connectivity index is 1.50. The van der Waals surface area contributed by atoms with E-state index in [1.807, 2.05) is 24.3 Å². The third kappa shape index (κ3) is 4.42. The number of aliphatic hydroxyl groups is 1. The van der Waals surface area contributed by atoms with E-state index in [0.29, 0.717) is 12.5 Å². The maximum Gasteiger partial charge on any atom is 0.161 e. The van der Waals surface area contributed by atoms with Gasteiger partial charge in [-0.2, -0.15) is 0 Å². The number of aliphatic hydroxyl groups excluding tert-OH is 1. The number of rotatable bonds is 9. The van der Waals surface area contributed by atoms with Gasteiger partial charge in [-0.15, -0.1) is 0 Å². The van der Waals surface area contributed by atoms with E-state index >= 15 is 0 Å². The van der Waals surface area contributed by atoms with E-state index in [0.717, 1.165) is 35.8 Å². The predicted molar refractivity (Wildman–Crippen MR) is 112 cm³/mol. The minimum absolute atomic E-state index is 0.0361. The second kappa shape index (κ2) is 8.74. The number of ether oxygens (including phenoxy) is 3. The zero-order valence-electron chi connectivity index (χ0n) is 17.3. The molecule has 3 unspecified atom stereocenters. The number of hydrogen-bond donors (Lipinski definition) is 2. The van der Waals surface area contributed by atoms with Gasteiger partial charge >= 0.3 is 0 Å². The zero-order chi connectivity index (χ0) is 20.3. The van der Waals surface area contributed by atoms with Crippen LogP contribution in [0.5, 0.6) is 11.5 Å². The first kappa shape index (κ1) is 20.2. The van der Waals surface area contributed by atoms with Crippen molar-refractivity contribution in [3.05, 3.63) is 59.7 Å². The molecule has 2 aromatic rings. The molecule has 0 radical (unpaired) electrons. The summed E-state index contributed by atoms with van der Waals surface area (Å²) in [7, 11) is 1.67. The molecule has 1 aliphatic carbocycles. The Bertz CT molecular complexity index is 808. The van der Waals surface area contributed by atoms with Gasteiger partial charge in [-0.05, 0) is 42.0 Å². The summed E-state index contributed by atoms with van der Waals surface area (Å²) in [4.78, 5) is 0. The van der Waals surface area contributed by atoms with Crippen molar-refractivity contribution in [2.75, 3.05) is 26.9 Å². The average molecular weight is 398 g/mol. The van der Waals surface area contributed by atoms with E-state index in [-0.39, 0.29) is 18.8 Å². The lowest BCUT2D eigenvalue weighted by Gasteiger charge is -2.34. The van der Waals surface area contributed by atoms with Gasteiger partial charge in [-0.25, -0.2) is 0 Å². The number of hydrogen-bond acceptors (Lipinski definition) is 5. The highest BCUT2D eigenvalue weighted by Gasteiger charge is 2.48. The molecule has 0 spiro atoms. The molecule has 29 heavy (non-hydrogen) atoms. The van der Waals surface area contributed by atoms with Gasteiger partial charge in [0.25, 0.3) is 0 Å². The van der Waals surface area contributed by atoms with Gasteiger partial charge < -0.3 is 19.3 Å². The second-order valence-electron chi connectivity index (χ2n) is 8.47. The van der Waals surface area contributed by atoms with E-state index in [1.54, 1.807) is 7.11 Å². The molecule has 1 heterocycles. The molecular weight excluding hydrogens is 366 g/mol. The van der Waals surface area contributed by atoms with Crippen LogP contribution in [0, 0.1) is 11.3 Å². The Kier molecular flexibility index (Phi) is 6.09. The fourth-order valence-electron chi connectivity index (χ4n) is 4.08. The van der Waals surface area contributed by atoms with Gasteiger partial charge in [0, 0.05) is 17.9 Å². The summed E-state index contributed by atoms with van der Waals surface area (Å²) in [5.74, 6) is 2.33. The Hall–Kier alpha value is -2.08. The van der Waals surface area contributed by atoms with E-state index in [4.69, 9.17) is 14.2 Å². The van der Waals surface area contributed by atoms with Crippen LogP contribution in [0.1, 0.15) is 36.8 Å². The van der Waals surface area contributed by atoms with Crippen molar-refractivity contribution in [2.24, 2.45) is 11.3 Å². The first-order valence-electron chi connectivity index (χ1n) is 10.4. The van der Waals surface area contributed by atoms with E-state index in [9.17, 15) is 5.11 Å². The lowest BCUT2D eigenvalue weighted by molar-refractivity contribution is -0.0628. The van der Waals surface area contributed by atoms with Gasteiger partial charge in [0.1, 0.15) is 6.23 Å². The topological polar surface area (TPSA) is 60.0 Å². The smallest absolute Gasteiger partial charge is 0.161 e. The minimum Gasteiger partial charge on any atom is -0.493 e. The lowest BCUT2D eigenvalue weighted by atomic mass is 9.75. The standard InChI is InChI=1S/C24H31NO4/c1-24(16-26)20(13-25-23(24)29-15-17-6-4-3-5-7-17)19-10-11-21(27-2)22(12-19)28-14-18-8-9-18/h3-7,10-12,18,20,23,25-26H,8-9,13-16H2,1-2H3. The summed E-state index contributed by atoms with van der Waals surface area (Å²) in [6.07, 6.45) is 2.27. The first-order valence-corrected chi connectivity index (χ1v) is 10.4. The largest absolute Gasteiger partial charge is 0.493 e. The Morgan fingerprint density at radius 3 is 2.59 bits per heavy atom. The monoisotopic (exact) mass is 397 g/mol. The highest BCUT2D eigenvalue weighted by atomic mass is 16.5. The van der Waals surface area contributed by atoms with Crippen molar-refractivity contribution >= 4 is 0 Å². The average Bonchev–Trinajstić information content (AvgIpc) is 3.53. The second-order valence-corrected chi connectivity index (χ2v) is 8.47. The molecule has 0 amide bonds. The summed E-state index contributed by atoms with van der Waals surface area (Å²) < 4.78 is 17.7. The van der Waals surface area contributed by atoms with Crippen molar-refractivity contribution in [1.29, 1.82) is 0 Å². The van der Waals surface area contributed by atoms with Crippen LogP contribution in [0.25, 0.3) is 0 Å². The number of nitrogens with one attached hydrogen (secondary N) is 1. The molecule has 0 bridgehead atoms. The highest BCUT2D eigenvalue weighted by Crippen LogP contribution is 2.45. The molecule has 2 N–H and O–H groups in total. The molecule has 2 aliphatic rings. The molecule has 2 fully saturated rings. The zero-order valence-corrected chi connectivity index (χ0v) is 17.3. The van der Waals surface area contributed by atoms with Crippen LogP contribution in [-0.4, -0.2) is 38.2 Å². The number of benzene rings is 2. The summed E-state index contributed by atoms with van der Waals surface area (Å²) in [6, 6.07) is 16.2.